The lowest BCUT2D eigenvalue weighted by Gasteiger charge is -2.39. The summed E-state index contributed by atoms with van der Waals surface area (Å²) < 4.78 is 6.01. The second-order valence-electron chi connectivity index (χ2n) is 10.3. The number of rotatable bonds is 7. The average Bonchev–Trinajstić information content (AvgIpc) is 3.66. The predicted molar refractivity (Wildman–Crippen MR) is 135 cm³/mol. The molecule has 0 aliphatic heterocycles. The van der Waals surface area contributed by atoms with Gasteiger partial charge >= 0.3 is 0 Å². The van der Waals surface area contributed by atoms with Gasteiger partial charge in [0.25, 0.3) is 0 Å². The van der Waals surface area contributed by atoms with Crippen molar-refractivity contribution >= 4 is 0 Å². The second-order valence-corrected chi connectivity index (χ2v) is 10.3. The fraction of sp³-hybridized carbons (Fsp3) is 0.379. The highest BCUT2D eigenvalue weighted by Crippen LogP contribution is 2.60. The molecule has 0 radical (unpaired) electrons. The van der Waals surface area contributed by atoms with Crippen LogP contribution in [0.3, 0.4) is 0 Å². The van der Waals surface area contributed by atoms with Gasteiger partial charge in [-0.25, -0.2) is 0 Å². The van der Waals surface area contributed by atoms with E-state index in [1.165, 1.54) is 36.8 Å². The monoisotopic (exact) mass is 465 g/mol. The van der Waals surface area contributed by atoms with Crippen molar-refractivity contribution in [2.75, 3.05) is 0 Å². The molecule has 35 heavy (non-hydrogen) atoms. The van der Waals surface area contributed by atoms with Gasteiger partial charge in [-0.2, -0.15) is 4.80 Å². The van der Waals surface area contributed by atoms with E-state index in [0.29, 0.717) is 18.3 Å². The zero-order chi connectivity index (χ0) is 23.8. The maximum absolute atomic E-state index is 6.01. The smallest absolute Gasteiger partial charge is 0.204 e. The van der Waals surface area contributed by atoms with Crippen LogP contribution in [0.4, 0.5) is 0 Å². The third-order valence-electron chi connectivity index (χ3n) is 7.88. The number of hydrogen-bond donors (Lipinski definition) is 0. The largest absolute Gasteiger partial charge is 0.487 e. The minimum absolute atomic E-state index is 0.0595. The number of ether oxygens (including phenoxy) is 1. The molecule has 0 N–H and O–H groups in total. The van der Waals surface area contributed by atoms with Crippen molar-refractivity contribution in [1.82, 2.24) is 25.2 Å². The summed E-state index contributed by atoms with van der Waals surface area (Å²) >= 11 is 0. The van der Waals surface area contributed by atoms with Crippen LogP contribution in [0, 0.1) is 11.8 Å². The molecule has 2 aliphatic carbocycles. The molecule has 6 heteroatoms. The van der Waals surface area contributed by atoms with Gasteiger partial charge in [0.15, 0.2) is 0 Å². The molecule has 2 aliphatic rings. The molecular weight excluding hydrogens is 434 g/mol. The van der Waals surface area contributed by atoms with Crippen molar-refractivity contribution in [3.63, 3.8) is 0 Å². The summed E-state index contributed by atoms with van der Waals surface area (Å²) in [6.45, 7) is 4.59. The first kappa shape index (κ1) is 22.0. The van der Waals surface area contributed by atoms with E-state index >= 15 is 0 Å². The van der Waals surface area contributed by atoms with Crippen LogP contribution in [0.2, 0.25) is 0 Å². The van der Waals surface area contributed by atoms with Crippen LogP contribution < -0.4 is 4.74 Å². The lowest BCUT2D eigenvalue weighted by Crippen LogP contribution is -2.34. The number of aromatic nitrogens is 5. The zero-order valence-corrected chi connectivity index (χ0v) is 20.3. The molecule has 2 fully saturated rings. The van der Waals surface area contributed by atoms with Crippen molar-refractivity contribution in [3.8, 4) is 17.1 Å². The van der Waals surface area contributed by atoms with Gasteiger partial charge in [0.05, 0.1) is 11.7 Å². The summed E-state index contributed by atoms with van der Waals surface area (Å²) in [5.74, 6) is 3.06. The predicted octanol–water partition coefficient (Wildman–Crippen LogP) is 6.00. The topological polar surface area (TPSA) is 65.7 Å². The minimum Gasteiger partial charge on any atom is -0.487 e. The second kappa shape index (κ2) is 8.91. The average molecular weight is 466 g/mol. The molecule has 2 heterocycles. The van der Waals surface area contributed by atoms with Crippen LogP contribution in [0.5, 0.6) is 5.75 Å². The SMILES string of the molecule is CC(C)n1nnc(-c2ccc(C3(c4ccc(OCc5ccccn5)cc4)CC4CCC3C4)cc2)n1. The molecule has 6 nitrogen and oxygen atoms in total. The first-order chi connectivity index (χ1) is 17.1. The Balaban J connectivity index is 1.27. The summed E-state index contributed by atoms with van der Waals surface area (Å²) in [6.07, 6.45) is 7.00. The summed E-state index contributed by atoms with van der Waals surface area (Å²) in [4.78, 5) is 6.02. The van der Waals surface area contributed by atoms with E-state index in [1.54, 1.807) is 11.0 Å². The maximum atomic E-state index is 6.01. The number of pyridine rings is 1. The van der Waals surface area contributed by atoms with Gasteiger partial charge < -0.3 is 4.74 Å². The normalized spacial score (nSPS) is 23.2. The summed E-state index contributed by atoms with van der Waals surface area (Å²) in [6, 6.07) is 23.8. The molecule has 4 aromatic rings. The molecule has 3 unspecified atom stereocenters. The lowest BCUT2D eigenvalue weighted by molar-refractivity contribution is 0.299. The molecule has 0 saturated heterocycles. The van der Waals surface area contributed by atoms with Crippen molar-refractivity contribution in [1.29, 1.82) is 0 Å². The van der Waals surface area contributed by atoms with E-state index < -0.39 is 0 Å². The quantitative estimate of drug-likeness (QED) is 0.335. The Morgan fingerprint density at radius 3 is 2.34 bits per heavy atom. The highest BCUT2D eigenvalue weighted by Gasteiger charge is 2.52. The van der Waals surface area contributed by atoms with Crippen LogP contribution in [0.25, 0.3) is 11.4 Å². The standard InChI is InChI=1S/C29H31N5O/c1-20(2)34-32-28(31-33-34)22-7-10-23(11-8-22)29(18-21-6-9-25(29)17-21)24-12-14-27(15-13-24)35-19-26-5-3-4-16-30-26/h3-5,7-8,10-16,20-21,25H,6,9,17-19H2,1-2H3. The molecule has 0 spiro atoms. The lowest BCUT2D eigenvalue weighted by atomic mass is 9.64. The van der Waals surface area contributed by atoms with E-state index in [4.69, 9.17) is 4.74 Å². The fourth-order valence-corrected chi connectivity index (χ4v) is 6.17. The number of fused-ring (bicyclic) bond motifs is 2. The molecule has 0 amide bonds. The number of benzene rings is 2. The Bertz CT molecular complexity index is 1280. The third-order valence-corrected chi connectivity index (χ3v) is 7.88. The number of tetrazole rings is 1. The van der Waals surface area contributed by atoms with Crippen molar-refractivity contribution < 1.29 is 4.74 Å². The van der Waals surface area contributed by atoms with Gasteiger partial charge in [0.2, 0.25) is 5.82 Å². The summed E-state index contributed by atoms with van der Waals surface area (Å²) in [7, 11) is 0. The highest BCUT2D eigenvalue weighted by molar-refractivity contribution is 5.56. The highest BCUT2D eigenvalue weighted by atomic mass is 16.5. The van der Waals surface area contributed by atoms with E-state index in [2.05, 4.69) is 82.8 Å². The van der Waals surface area contributed by atoms with Gasteiger partial charge in [-0.1, -0.05) is 48.9 Å². The third kappa shape index (κ3) is 4.01. The molecule has 2 bridgehead atoms. The first-order valence-electron chi connectivity index (χ1n) is 12.7. The van der Waals surface area contributed by atoms with Crippen molar-refractivity contribution in [3.05, 3.63) is 89.7 Å². The summed E-state index contributed by atoms with van der Waals surface area (Å²) in [5, 5.41) is 13.0. The number of nitrogens with zero attached hydrogens (tertiary/aromatic N) is 5. The van der Waals surface area contributed by atoms with Gasteiger partial charge in [-0.05, 0) is 85.6 Å². The van der Waals surface area contributed by atoms with E-state index in [9.17, 15) is 0 Å². The van der Waals surface area contributed by atoms with Crippen LogP contribution >= 0.6 is 0 Å². The maximum Gasteiger partial charge on any atom is 0.204 e. The van der Waals surface area contributed by atoms with Crippen molar-refractivity contribution in [2.45, 2.75) is 57.6 Å². The van der Waals surface area contributed by atoms with Crippen molar-refractivity contribution in [2.24, 2.45) is 11.8 Å². The van der Waals surface area contributed by atoms with Crippen LogP contribution in [-0.2, 0) is 12.0 Å². The minimum atomic E-state index is 0.0595. The Hall–Kier alpha value is -3.54. The zero-order valence-electron chi connectivity index (χ0n) is 20.3. The van der Waals surface area contributed by atoms with Gasteiger partial charge in [0.1, 0.15) is 12.4 Å². The van der Waals surface area contributed by atoms with Gasteiger partial charge in [-0.3, -0.25) is 4.98 Å². The van der Waals surface area contributed by atoms with Crippen LogP contribution in [0.15, 0.2) is 72.9 Å². The molecule has 2 saturated carbocycles. The van der Waals surface area contributed by atoms with Gasteiger partial charge in [-0.15, -0.1) is 10.2 Å². The fourth-order valence-electron chi connectivity index (χ4n) is 6.17. The Morgan fingerprint density at radius 2 is 1.74 bits per heavy atom. The molecule has 2 aromatic heterocycles. The summed E-state index contributed by atoms with van der Waals surface area (Å²) in [5.41, 5.74) is 4.80. The molecular formula is C29H31N5O. The van der Waals surface area contributed by atoms with Crippen LogP contribution in [0.1, 0.15) is 62.4 Å². The molecule has 3 atom stereocenters. The Morgan fingerprint density at radius 1 is 0.971 bits per heavy atom. The van der Waals surface area contributed by atoms with E-state index in [-0.39, 0.29) is 11.5 Å². The molecule has 2 aromatic carbocycles. The Kier molecular flexibility index (Phi) is 5.59. The Labute approximate surface area is 206 Å². The molecule has 6 rings (SSSR count). The first-order valence-corrected chi connectivity index (χ1v) is 12.7. The number of hydrogen-bond acceptors (Lipinski definition) is 5. The van der Waals surface area contributed by atoms with E-state index in [1.807, 2.05) is 18.2 Å². The van der Waals surface area contributed by atoms with E-state index in [0.717, 1.165) is 22.9 Å². The molecule has 178 valence electrons. The van der Waals surface area contributed by atoms with Gasteiger partial charge in [0, 0.05) is 17.2 Å². The van der Waals surface area contributed by atoms with Crippen LogP contribution in [-0.4, -0.2) is 25.2 Å².